The van der Waals surface area contributed by atoms with Crippen molar-refractivity contribution in [3.63, 3.8) is 0 Å². The average Bonchev–Trinajstić information content (AvgIpc) is 2.52. The molecule has 4 heteroatoms. The van der Waals surface area contributed by atoms with Gasteiger partial charge in [0.2, 0.25) is 0 Å². The van der Waals surface area contributed by atoms with Gasteiger partial charge in [-0.1, -0.05) is 29.8 Å². The number of guanidine groups is 1. The lowest BCUT2D eigenvalue weighted by Gasteiger charge is -2.07. The third-order valence-corrected chi connectivity index (χ3v) is 3.41. The zero-order valence-electron chi connectivity index (χ0n) is 13.9. The van der Waals surface area contributed by atoms with Gasteiger partial charge in [0.15, 0.2) is 5.96 Å². The molecule has 2 rings (SSSR count). The van der Waals surface area contributed by atoms with Crippen molar-refractivity contribution in [2.24, 2.45) is 10.7 Å². The number of nitrogens with two attached hydrogens (primary N) is 1. The van der Waals surface area contributed by atoms with Crippen LogP contribution in [0.25, 0.3) is 0 Å². The number of ether oxygens (including phenoxy) is 1. The minimum absolute atomic E-state index is 0.454. The van der Waals surface area contributed by atoms with E-state index in [4.69, 9.17) is 10.5 Å². The van der Waals surface area contributed by atoms with Gasteiger partial charge < -0.3 is 15.8 Å². The van der Waals surface area contributed by atoms with Gasteiger partial charge >= 0.3 is 0 Å². The molecule has 0 spiro atoms. The molecule has 0 heterocycles. The topological polar surface area (TPSA) is 59.6 Å². The van der Waals surface area contributed by atoms with Crippen LogP contribution in [0.5, 0.6) is 5.75 Å². The Morgan fingerprint density at radius 3 is 2.57 bits per heavy atom. The highest BCUT2D eigenvalue weighted by Gasteiger charge is 1.96. The van der Waals surface area contributed by atoms with Crippen LogP contribution in [-0.4, -0.2) is 19.1 Å². The normalized spacial score (nSPS) is 11.3. The van der Waals surface area contributed by atoms with E-state index in [9.17, 15) is 0 Å². The van der Waals surface area contributed by atoms with E-state index in [0.29, 0.717) is 19.1 Å². The molecule has 0 bridgehead atoms. The van der Waals surface area contributed by atoms with E-state index >= 15 is 0 Å². The molecule has 0 aliphatic heterocycles. The van der Waals surface area contributed by atoms with Crippen molar-refractivity contribution >= 4 is 11.6 Å². The summed E-state index contributed by atoms with van der Waals surface area (Å²) in [5.41, 5.74) is 9.28. The van der Waals surface area contributed by atoms with Crippen LogP contribution >= 0.6 is 0 Å². The molecular weight excluding hydrogens is 286 g/mol. The van der Waals surface area contributed by atoms with Crippen LogP contribution in [0.1, 0.15) is 24.0 Å². The first kappa shape index (κ1) is 16.9. The van der Waals surface area contributed by atoms with Crippen molar-refractivity contribution in [2.45, 2.75) is 26.7 Å². The number of nitrogens with zero attached hydrogens (tertiary/aromatic N) is 1. The largest absolute Gasteiger partial charge is 0.494 e. The summed E-state index contributed by atoms with van der Waals surface area (Å²) < 4.78 is 5.68. The van der Waals surface area contributed by atoms with E-state index in [1.165, 1.54) is 11.1 Å². The van der Waals surface area contributed by atoms with Gasteiger partial charge in [-0.3, -0.25) is 4.99 Å². The van der Waals surface area contributed by atoms with Crippen LogP contribution in [0.3, 0.4) is 0 Å². The van der Waals surface area contributed by atoms with Crippen molar-refractivity contribution in [2.75, 3.05) is 18.5 Å². The Kier molecular flexibility index (Phi) is 6.48. The minimum Gasteiger partial charge on any atom is -0.494 e. The standard InChI is InChI=1S/C19H25N3O/c1-15-8-10-18(11-9-15)23-13-4-3-12-21-19(20)22-17-7-5-6-16(2)14-17/h5-11,14H,3-4,12-13H2,1-2H3,(H3,20,21,22). The number of unbranched alkanes of at least 4 members (excludes halogenated alkanes) is 1. The molecule has 0 radical (unpaired) electrons. The molecule has 0 aliphatic carbocycles. The molecule has 2 aromatic rings. The second kappa shape index (κ2) is 8.83. The van der Waals surface area contributed by atoms with Crippen LogP contribution in [0.2, 0.25) is 0 Å². The Labute approximate surface area is 138 Å². The van der Waals surface area contributed by atoms with Crippen molar-refractivity contribution in [3.8, 4) is 5.75 Å². The predicted octanol–water partition coefficient (Wildman–Crippen LogP) is 3.89. The Bertz CT molecular complexity index is 635. The fraction of sp³-hybridized carbons (Fsp3) is 0.316. The van der Waals surface area contributed by atoms with E-state index in [1.54, 1.807) is 0 Å². The monoisotopic (exact) mass is 311 g/mol. The number of aryl methyl sites for hydroxylation is 2. The van der Waals surface area contributed by atoms with E-state index < -0.39 is 0 Å². The predicted molar refractivity (Wildman–Crippen MR) is 97.2 cm³/mol. The molecule has 0 saturated heterocycles. The summed E-state index contributed by atoms with van der Waals surface area (Å²) in [5.74, 6) is 1.37. The van der Waals surface area contributed by atoms with E-state index in [0.717, 1.165) is 24.3 Å². The molecule has 4 nitrogen and oxygen atoms in total. The number of benzene rings is 2. The minimum atomic E-state index is 0.454. The van der Waals surface area contributed by atoms with Crippen LogP contribution < -0.4 is 15.8 Å². The fourth-order valence-corrected chi connectivity index (χ4v) is 2.15. The number of hydrogen-bond acceptors (Lipinski definition) is 2. The zero-order valence-corrected chi connectivity index (χ0v) is 13.9. The van der Waals surface area contributed by atoms with Gasteiger partial charge in [0, 0.05) is 12.2 Å². The van der Waals surface area contributed by atoms with Crippen molar-refractivity contribution in [3.05, 3.63) is 59.7 Å². The van der Waals surface area contributed by atoms with Gasteiger partial charge in [0.25, 0.3) is 0 Å². The van der Waals surface area contributed by atoms with Crippen molar-refractivity contribution < 1.29 is 4.74 Å². The molecule has 0 aromatic heterocycles. The highest BCUT2D eigenvalue weighted by Crippen LogP contribution is 2.12. The first-order valence-corrected chi connectivity index (χ1v) is 7.96. The van der Waals surface area contributed by atoms with E-state index in [2.05, 4.69) is 29.4 Å². The van der Waals surface area contributed by atoms with Gasteiger partial charge in [0.05, 0.1) is 6.61 Å². The molecule has 0 amide bonds. The number of anilines is 1. The first-order valence-electron chi connectivity index (χ1n) is 7.96. The smallest absolute Gasteiger partial charge is 0.193 e. The van der Waals surface area contributed by atoms with Crippen LogP contribution in [-0.2, 0) is 0 Å². The zero-order chi connectivity index (χ0) is 16.5. The second-order valence-electron chi connectivity index (χ2n) is 5.63. The molecule has 122 valence electrons. The second-order valence-corrected chi connectivity index (χ2v) is 5.63. The SMILES string of the molecule is Cc1ccc(OCCCCN=C(N)Nc2cccc(C)c2)cc1. The summed E-state index contributed by atoms with van der Waals surface area (Å²) in [7, 11) is 0. The molecule has 0 unspecified atom stereocenters. The quantitative estimate of drug-likeness (QED) is 0.463. The maximum Gasteiger partial charge on any atom is 0.193 e. The highest BCUT2D eigenvalue weighted by atomic mass is 16.5. The lowest BCUT2D eigenvalue weighted by molar-refractivity contribution is 0.308. The summed E-state index contributed by atoms with van der Waals surface area (Å²) in [5, 5.41) is 3.10. The summed E-state index contributed by atoms with van der Waals surface area (Å²) in [6, 6.07) is 16.2. The number of nitrogens with one attached hydrogen (secondary N) is 1. The van der Waals surface area contributed by atoms with Crippen LogP contribution in [0, 0.1) is 13.8 Å². The lowest BCUT2D eigenvalue weighted by atomic mass is 10.2. The van der Waals surface area contributed by atoms with Gasteiger partial charge in [-0.05, 0) is 56.5 Å². The summed E-state index contributed by atoms with van der Waals surface area (Å²) in [4.78, 5) is 4.33. The maximum atomic E-state index is 5.88. The van der Waals surface area contributed by atoms with Crippen LogP contribution in [0.15, 0.2) is 53.5 Å². The molecule has 23 heavy (non-hydrogen) atoms. The first-order chi connectivity index (χ1) is 11.1. The van der Waals surface area contributed by atoms with E-state index in [1.807, 2.05) is 43.3 Å². The maximum absolute atomic E-state index is 5.88. The highest BCUT2D eigenvalue weighted by molar-refractivity contribution is 5.92. The molecule has 0 saturated carbocycles. The van der Waals surface area contributed by atoms with Crippen molar-refractivity contribution in [1.29, 1.82) is 0 Å². The molecule has 3 N–H and O–H groups in total. The van der Waals surface area contributed by atoms with Gasteiger partial charge in [0.1, 0.15) is 5.75 Å². The van der Waals surface area contributed by atoms with Gasteiger partial charge in [-0.15, -0.1) is 0 Å². The summed E-state index contributed by atoms with van der Waals surface area (Å²) >= 11 is 0. The lowest BCUT2D eigenvalue weighted by Crippen LogP contribution is -2.22. The molecule has 0 aliphatic rings. The molecular formula is C19H25N3O. The summed E-state index contributed by atoms with van der Waals surface area (Å²) in [6.07, 6.45) is 1.90. The number of rotatable bonds is 7. The van der Waals surface area contributed by atoms with Gasteiger partial charge in [-0.2, -0.15) is 0 Å². The van der Waals surface area contributed by atoms with E-state index in [-0.39, 0.29) is 0 Å². The Morgan fingerprint density at radius 1 is 1.04 bits per heavy atom. The fourth-order valence-electron chi connectivity index (χ4n) is 2.15. The Hall–Kier alpha value is -2.49. The molecule has 0 atom stereocenters. The van der Waals surface area contributed by atoms with Crippen LogP contribution in [0.4, 0.5) is 5.69 Å². The average molecular weight is 311 g/mol. The third-order valence-electron chi connectivity index (χ3n) is 3.41. The number of hydrogen-bond donors (Lipinski definition) is 2. The molecule has 0 fully saturated rings. The van der Waals surface area contributed by atoms with Crippen molar-refractivity contribution in [1.82, 2.24) is 0 Å². The van der Waals surface area contributed by atoms with Gasteiger partial charge in [-0.25, -0.2) is 0 Å². The third kappa shape index (κ3) is 6.43. The summed E-state index contributed by atoms with van der Waals surface area (Å²) in [6.45, 7) is 5.51. The Balaban J connectivity index is 1.63. The number of aliphatic imine (C=N–C) groups is 1. The molecule has 2 aromatic carbocycles. The Morgan fingerprint density at radius 2 is 1.83 bits per heavy atom.